The summed E-state index contributed by atoms with van der Waals surface area (Å²) < 4.78 is 2.90. The summed E-state index contributed by atoms with van der Waals surface area (Å²) in [6.45, 7) is 3.19. The third-order valence-corrected chi connectivity index (χ3v) is 6.90. The number of piperidine rings is 1. The normalized spacial score (nSPS) is 19.8. The summed E-state index contributed by atoms with van der Waals surface area (Å²) in [5.74, 6) is 0. The van der Waals surface area contributed by atoms with Gasteiger partial charge in [-0.2, -0.15) is 0 Å². The Kier molecular flexibility index (Phi) is 6.60. The summed E-state index contributed by atoms with van der Waals surface area (Å²) in [6, 6.07) is 2.89. The SMILES string of the molecule is CN1CCC(NC/C=C/SNC(=O)Nc2c3c(cc4c2CCC4)CCC3)CC1. The third-order valence-electron chi connectivity index (χ3n) is 6.27. The second-order valence-corrected chi connectivity index (χ2v) is 8.98. The van der Waals surface area contributed by atoms with Crippen LogP contribution in [-0.2, 0) is 25.7 Å². The Morgan fingerprint density at radius 1 is 1.14 bits per heavy atom. The second-order valence-electron chi connectivity index (χ2n) is 8.27. The lowest BCUT2D eigenvalue weighted by Crippen LogP contribution is -2.40. The van der Waals surface area contributed by atoms with Gasteiger partial charge in [-0.25, -0.2) is 4.79 Å². The second kappa shape index (κ2) is 9.33. The molecule has 3 N–H and O–H groups in total. The van der Waals surface area contributed by atoms with Crippen LogP contribution in [0.1, 0.15) is 47.9 Å². The van der Waals surface area contributed by atoms with Crippen molar-refractivity contribution in [2.24, 2.45) is 0 Å². The number of likely N-dealkylation sites (tertiary alicyclic amines) is 1. The summed E-state index contributed by atoms with van der Waals surface area (Å²) in [7, 11) is 2.18. The van der Waals surface area contributed by atoms with E-state index < -0.39 is 0 Å². The van der Waals surface area contributed by atoms with Crippen molar-refractivity contribution in [3.63, 3.8) is 0 Å². The van der Waals surface area contributed by atoms with Crippen LogP contribution in [0.2, 0.25) is 0 Å². The van der Waals surface area contributed by atoms with E-state index in [9.17, 15) is 4.79 Å². The fourth-order valence-corrected chi connectivity index (χ4v) is 5.16. The van der Waals surface area contributed by atoms with Gasteiger partial charge in [0.25, 0.3) is 0 Å². The topological polar surface area (TPSA) is 56.4 Å². The fourth-order valence-electron chi connectivity index (χ4n) is 4.74. The van der Waals surface area contributed by atoms with Crippen molar-refractivity contribution in [1.82, 2.24) is 14.9 Å². The van der Waals surface area contributed by atoms with Crippen molar-refractivity contribution in [3.8, 4) is 0 Å². The number of aryl methyl sites for hydroxylation is 2. The number of nitrogens with zero attached hydrogens (tertiary/aromatic N) is 1. The quantitative estimate of drug-likeness (QED) is 0.638. The molecule has 152 valence electrons. The summed E-state index contributed by atoms with van der Waals surface area (Å²) in [5, 5.41) is 8.70. The van der Waals surface area contributed by atoms with E-state index in [1.165, 1.54) is 73.0 Å². The van der Waals surface area contributed by atoms with Crippen molar-refractivity contribution in [2.45, 2.75) is 57.4 Å². The van der Waals surface area contributed by atoms with Crippen molar-refractivity contribution in [2.75, 3.05) is 32.0 Å². The Hall–Kier alpha value is -1.50. The van der Waals surface area contributed by atoms with Gasteiger partial charge in [0.1, 0.15) is 0 Å². The maximum absolute atomic E-state index is 12.4. The van der Waals surface area contributed by atoms with Gasteiger partial charge >= 0.3 is 6.03 Å². The van der Waals surface area contributed by atoms with Gasteiger partial charge in [0, 0.05) is 18.3 Å². The molecule has 0 unspecified atom stereocenters. The number of rotatable bonds is 6. The zero-order chi connectivity index (χ0) is 19.3. The molecule has 0 bridgehead atoms. The molecule has 0 atom stereocenters. The van der Waals surface area contributed by atoms with Gasteiger partial charge in [0.2, 0.25) is 0 Å². The highest BCUT2D eigenvalue weighted by Gasteiger charge is 2.24. The van der Waals surface area contributed by atoms with E-state index in [0.717, 1.165) is 37.9 Å². The number of carbonyl (C=O) groups excluding carboxylic acids is 1. The molecule has 1 heterocycles. The average molecular weight is 401 g/mol. The van der Waals surface area contributed by atoms with Crippen molar-refractivity contribution < 1.29 is 4.79 Å². The van der Waals surface area contributed by atoms with Gasteiger partial charge in [-0.3, -0.25) is 4.72 Å². The molecule has 1 fully saturated rings. The van der Waals surface area contributed by atoms with Crippen LogP contribution < -0.4 is 15.4 Å². The van der Waals surface area contributed by atoms with Crippen LogP contribution in [0.15, 0.2) is 17.6 Å². The smallest absolute Gasteiger partial charge is 0.310 e. The Bertz CT molecular complexity index is 708. The molecule has 5 nitrogen and oxygen atoms in total. The molecule has 0 spiro atoms. The Balaban J connectivity index is 1.22. The van der Waals surface area contributed by atoms with Gasteiger partial charge in [-0.05, 0) is 111 Å². The first-order valence-corrected chi connectivity index (χ1v) is 11.5. The van der Waals surface area contributed by atoms with Crippen LogP contribution in [0.5, 0.6) is 0 Å². The molecule has 0 aromatic heterocycles. The molecule has 1 saturated heterocycles. The van der Waals surface area contributed by atoms with E-state index in [2.05, 4.69) is 39.4 Å². The monoisotopic (exact) mass is 400 g/mol. The molecule has 1 aromatic carbocycles. The first-order chi connectivity index (χ1) is 13.7. The number of fused-ring (bicyclic) bond motifs is 2. The van der Waals surface area contributed by atoms with E-state index in [0.29, 0.717) is 6.04 Å². The maximum atomic E-state index is 12.4. The molecular formula is C22H32N4OS. The van der Waals surface area contributed by atoms with Crippen LogP contribution in [0.25, 0.3) is 0 Å². The van der Waals surface area contributed by atoms with Crippen molar-refractivity contribution >= 4 is 23.7 Å². The summed E-state index contributed by atoms with van der Waals surface area (Å²) in [5.41, 5.74) is 6.75. The molecule has 1 aliphatic heterocycles. The van der Waals surface area contributed by atoms with Gasteiger partial charge in [0.05, 0.1) is 0 Å². The van der Waals surface area contributed by atoms with Crippen LogP contribution in [0.3, 0.4) is 0 Å². The molecule has 2 amide bonds. The van der Waals surface area contributed by atoms with Gasteiger partial charge in [-0.15, -0.1) is 0 Å². The van der Waals surface area contributed by atoms with Crippen LogP contribution in [0, 0.1) is 0 Å². The van der Waals surface area contributed by atoms with E-state index in [4.69, 9.17) is 0 Å². The van der Waals surface area contributed by atoms with Crippen LogP contribution >= 0.6 is 11.9 Å². The highest BCUT2D eigenvalue weighted by atomic mass is 32.2. The number of hydrogen-bond acceptors (Lipinski definition) is 4. The molecule has 1 aromatic rings. The summed E-state index contributed by atoms with van der Waals surface area (Å²) >= 11 is 1.34. The lowest BCUT2D eigenvalue weighted by Gasteiger charge is -2.29. The van der Waals surface area contributed by atoms with E-state index in [-0.39, 0.29) is 6.03 Å². The summed E-state index contributed by atoms with van der Waals surface area (Å²) in [6.07, 6.45) is 11.4. The molecule has 28 heavy (non-hydrogen) atoms. The number of amides is 2. The van der Waals surface area contributed by atoms with Gasteiger partial charge in [0.15, 0.2) is 0 Å². The molecule has 6 heteroatoms. The number of anilines is 1. The number of urea groups is 1. The standard InChI is InChI=1S/C22H32N4OS/c1-26-12-9-18(10-13-26)23-11-4-14-28-25-22(27)24-21-19-7-2-5-16(19)15-17-6-3-8-20(17)21/h4,14-15,18,23H,2-3,5-13H2,1H3,(H2,24,25,27)/b14-4+. The lowest BCUT2D eigenvalue weighted by atomic mass is 9.99. The third kappa shape index (κ3) is 4.73. The van der Waals surface area contributed by atoms with Crippen molar-refractivity contribution in [3.05, 3.63) is 39.8 Å². The first kappa shape index (κ1) is 19.8. The lowest BCUT2D eigenvalue weighted by molar-refractivity contribution is 0.238. The average Bonchev–Trinajstić information content (AvgIpc) is 3.35. The zero-order valence-electron chi connectivity index (χ0n) is 16.9. The first-order valence-electron chi connectivity index (χ1n) is 10.7. The molecule has 0 saturated carbocycles. The Labute approximate surface area is 172 Å². The minimum absolute atomic E-state index is 0.118. The predicted molar refractivity (Wildman–Crippen MR) is 118 cm³/mol. The number of carbonyl (C=O) groups is 1. The van der Waals surface area contributed by atoms with E-state index in [1.807, 2.05) is 5.41 Å². The number of nitrogens with one attached hydrogen (secondary N) is 3. The van der Waals surface area contributed by atoms with Crippen LogP contribution in [-0.4, -0.2) is 43.7 Å². The number of benzene rings is 1. The van der Waals surface area contributed by atoms with E-state index in [1.54, 1.807) is 0 Å². The number of hydrogen-bond donors (Lipinski definition) is 3. The Morgan fingerprint density at radius 2 is 1.82 bits per heavy atom. The van der Waals surface area contributed by atoms with Gasteiger partial charge < -0.3 is 15.5 Å². The predicted octanol–water partition coefficient (Wildman–Crippen LogP) is 3.63. The molecule has 3 aliphatic rings. The highest BCUT2D eigenvalue weighted by Crippen LogP contribution is 2.38. The Morgan fingerprint density at radius 3 is 2.50 bits per heavy atom. The van der Waals surface area contributed by atoms with Crippen molar-refractivity contribution in [1.29, 1.82) is 0 Å². The molecule has 4 rings (SSSR count). The minimum Gasteiger partial charge on any atom is -0.310 e. The highest BCUT2D eigenvalue weighted by molar-refractivity contribution is 8.00. The fraction of sp³-hybridized carbons (Fsp3) is 0.591. The zero-order valence-corrected chi connectivity index (χ0v) is 17.7. The molecular weight excluding hydrogens is 368 g/mol. The molecule has 0 radical (unpaired) electrons. The molecule has 2 aliphatic carbocycles. The van der Waals surface area contributed by atoms with Crippen LogP contribution in [0.4, 0.5) is 10.5 Å². The maximum Gasteiger partial charge on any atom is 0.329 e. The van der Waals surface area contributed by atoms with Gasteiger partial charge in [-0.1, -0.05) is 12.1 Å². The minimum atomic E-state index is -0.118. The summed E-state index contributed by atoms with van der Waals surface area (Å²) in [4.78, 5) is 14.8. The van der Waals surface area contributed by atoms with E-state index >= 15 is 0 Å². The largest absolute Gasteiger partial charge is 0.329 e.